The fourth-order valence-electron chi connectivity index (χ4n) is 2.22. The van der Waals surface area contributed by atoms with E-state index in [-0.39, 0.29) is 21.8 Å². The van der Waals surface area contributed by atoms with E-state index in [2.05, 4.69) is 6.07 Å². The maximum Gasteiger partial charge on any atom is 0.285 e. The van der Waals surface area contributed by atoms with Crippen LogP contribution in [0.5, 0.6) is 0 Å². The lowest BCUT2D eigenvalue weighted by Crippen LogP contribution is -2.16. The Bertz CT molecular complexity index is 1030. The zero-order valence-corrected chi connectivity index (χ0v) is 13.3. The van der Waals surface area contributed by atoms with Gasteiger partial charge in [0, 0.05) is 19.0 Å². The molecule has 3 rings (SSSR count). The molecule has 2 aromatic carbocycles. The molecule has 0 spiro atoms. The van der Waals surface area contributed by atoms with Crippen LogP contribution in [0.2, 0.25) is 0 Å². The molecule has 0 fully saturated rings. The van der Waals surface area contributed by atoms with E-state index in [0.29, 0.717) is 21.3 Å². The number of nitrogens with zero attached hydrogens (tertiary/aromatic N) is 2. The molecule has 0 aliphatic heterocycles. The molecule has 0 unspecified atom stereocenters. The highest BCUT2D eigenvalue weighted by Gasteiger charge is 2.17. The lowest BCUT2D eigenvalue weighted by molar-refractivity contribution is 0.241. The summed E-state index contributed by atoms with van der Waals surface area (Å²) in [6.07, 6.45) is 0. The number of rotatable bonds is 1. The van der Waals surface area contributed by atoms with E-state index >= 15 is 0 Å². The summed E-state index contributed by atoms with van der Waals surface area (Å²) in [6.45, 7) is 0. The predicted molar refractivity (Wildman–Crippen MR) is 89.6 cm³/mol. The molecule has 0 bridgehead atoms. The molecule has 1 amide bonds. The van der Waals surface area contributed by atoms with E-state index in [1.54, 1.807) is 50.5 Å². The van der Waals surface area contributed by atoms with Gasteiger partial charge < -0.3 is 9.32 Å². The topological polar surface area (TPSA) is 74.3 Å². The van der Waals surface area contributed by atoms with Crippen molar-refractivity contribution in [2.45, 2.75) is 4.90 Å². The van der Waals surface area contributed by atoms with Crippen molar-refractivity contribution in [2.75, 3.05) is 14.1 Å². The van der Waals surface area contributed by atoms with E-state index in [9.17, 15) is 14.9 Å². The third-order valence-corrected chi connectivity index (χ3v) is 4.48. The fourth-order valence-corrected chi connectivity index (χ4v) is 2.97. The van der Waals surface area contributed by atoms with Crippen LogP contribution in [0.15, 0.2) is 50.5 Å². The Morgan fingerprint density at radius 1 is 1.17 bits per heavy atom. The molecule has 0 saturated heterocycles. The van der Waals surface area contributed by atoms with Crippen molar-refractivity contribution in [3.8, 4) is 6.07 Å². The SMILES string of the molecule is CN(C)C(=O)Sc1ccc2c(=O)c3ccccc3oc2c1C#N. The van der Waals surface area contributed by atoms with E-state index < -0.39 is 0 Å². The number of para-hydroxylation sites is 1. The molecule has 6 heteroatoms. The van der Waals surface area contributed by atoms with Gasteiger partial charge in [0.05, 0.1) is 10.8 Å². The number of nitriles is 1. The van der Waals surface area contributed by atoms with Gasteiger partial charge in [-0.25, -0.2) is 0 Å². The first-order valence-electron chi connectivity index (χ1n) is 6.80. The zero-order chi connectivity index (χ0) is 16.6. The van der Waals surface area contributed by atoms with Gasteiger partial charge >= 0.3 is 0 Å². The largest absolute Gasteiger partial charge is 0.454 e. The van der Waals surface area contributed by atoms with Gasteiger partial charge in [-0.15, -0.1) is 0 Å². The number of carbonyl (C=O) groups excluding carboxylic acids is 1. The van der Waals surface area contributed by atoms with Crippen molar-refractivity contribution in [3.05, 3.63) is 52.2 Å². The van der Waals surface area contributed by atoms with Gasteiger partial charge in [-0.05, 0) is 36.0 Å². The number of thioether (sulfide) groups is 1. The summed E-state index contributed by atoms with van der Waals surface area (Å²) >= 11 is 0.931. The second-order valence-electron chi connectivity index (χ2n) is 5.12. The van der Waals surface area contributed by atoms with Crippen LogP contribution < -0.4 is 5.43 Å². The summed E-state index contributed by atoms with van der Waals surface area (Å²) in [4.78, 5) is 26.3. The Morgan fingerprint density at radius 2 is 1.91 bits per heavy atom. The second-order valence-corrected chi connectivity index (χ2v) is 6.11. The van der Waals surface area contributed by atoms with E-state index in [1.165, 1.54) is 4.90 Å². The Morgan fingerprint density at radius 3 is 2.61 bits per heavy atom. The van der Waals surface area contributed by atoms with Crippen LogP contribution in [0.25, 0.3) is 21.9 Å². The van der Waals surface area contributed by atoms with Crippen LogP contribution in [0.4, 0.5) is 4.79 Å². The summed E-state index contributed by atoms with van der Waals surface area (Å²) in [5.41, 5.74) is 0.648. The number of hydrogen-bond donors (Lipinski definition) is 0. The first-order valence-corrected chi connectivity index (χ1v) is 7.62. The van der Waals surface area contributed by atoms with E-state index in [0.717, 1.165) is 11.8 Å². The Kier molecular flexibility index (Phi) is 3.80. The smallest absolute Gasteiger partial charge is 0.285 e. The third-order valence-electron chi connectivity index (χ3n) is 3.38. The lowest BCUT2D eigenvalue weighted by atomic mass is 10.1. The van der Waals surface area contributed by atoms with Gasteiger partial charge in [-0.3, -0.25) is 9.59 Å². The van der Waals surface area contributed by atoms with Crippen molar-refractivity contribution < 1.29 is 9.21 Å². The quantitative estimate of drug-likeness (QED) is 0.505. The van der Waals surface area contributed by atoms with Crippen LogP contribution in [-0.4, -0.2) is 24.2 Å². The van der Waals surface area contributed by atoms with E-state index in [4.69, 9.17) is 4.42 Å². The van der Waals surface area contributed by atoms with Crippen molar-refractivity contribution in [1.29, 1.82) is 5.26 Å². The summed E-state index contributed by atoms with van der Waals surface area (Å²) in [6, 6.07) is 12.1. The zero-order valence-electron chi connectivity index (χ0n) is 12.5. The molecule has 1 heterocycles. The molecular weight excluding hydrogens is 312 g/mol. The molecule has 5 nitrogen and oxygen atoms in total. The molecule has 0 aliphatic carbocycles. The summed E-state index contributed by atoms with van der Waals surface area (Å²) in [5, 5.41) is 10.1. The maximum absolute atomic E-state index is 12.5. The third kappa shape index (κ3) is 2.56. The molecule has 3 aromatic rings. The first kappa shape index (κ1) is 15.1. The van der Waals surface area contributed by atoms with Gasteiger partial charge in [-0.2, -0.15) is 5.26 Å². The van der Waals surface area contributed by atoms with Gasteiger partial charge in [0.15, 0.2) is 5.58 Å². The van der Waals surface area contributed by atoms with Gasteiger partial charge in [0.25, 0.3) is 5.24 Å². The monoisotopic (exact) mass is 324 g/mol. The van der Waals surface area contributed by atoms with Gasteiger partial charge in [-0.1, -0.05) is 12.1 Å². The minimum Gasteiger partial charge on any atom is -0.454 e. The minimum atomic E-state index is -0.205. The molecule has 0 radical (unpaired) electrons. The maximum atomic E-state index is 12.5. The number of benzene rings is 2. The summed E-state index contributed by atoms with van der Waals surface area (Å²) in [5.74, 6) is 0. The van der Waals surface area contributed by atoms with Crippen LogP contribution in [-0.2, 0) is 0 Å². The highest BCUT2D eigenvalue weighted by atomic mass is 32.2. The molecule has 0 aliphatic rings. The van der Waals surface area contributed by atoms with Crippen molar-refractivity contribution in [1.82, 2.24) is 4.90 Å². The molecule has 0 N–H and O–H groups in total. The Labute approximate surface area is 136 Å². The van der Waals surface area contributed by atoms with Crippen LogP contribution in [0.1, 0.15) is 5.56 Å². The number of amides is 1. The standard InChI is InChI=1S/C17H12N2O3S/c1-19(2)17(21)23-14-8-7-11-15(20)10-5-3-4-6-13(10)22-16(11)12(14)9-18/h3-8H,1-2H3. The number of carbonyl (C=O) groups is 1. The van der Waals surface area contributed by atoms with Crippen LogP contribution in [0, 0.1) is 11.3 Å². The number of hydrogen-bond acceptors (Lipinski definition) is 5. The summed E-state index contributed by atoms with van der Waals surface area (Å²) < 4.78 is 5.77. The van der Waals surface area contributed by atoms with Crippen molar-refractivity contribution in [3.63, 3.8) is 0 Å². The van der Waals surface area contributed by atoms with Crippen LogP contribution in [0.3, 0.4) is 0 Å². The molecule has 23 heavy (non-hydrogen) atoms. The molecule has 0 saturated carbocycles. The predicted octanol–water partition coefficient (Wildman–Crippen LogP) is 3.59. The van der Waals surface area contributed by atoms with Gasteiger partial charge in [0.2, 0.25) is 5.43 Å². The average molecular weight is 324 g/mol. The molecule has 0 atom stereocenters. The summed E-state index contributed by atoms with van der Waals surface area (Å²) in [7, 11) is 3.27. The normalized spacial score (nSPS) is 10.7. The van der Waals surface area contributed by atoms with Crippen LogP contribution >= 0.6 is 11.8 Å². The van der Waals surface area contributed by atoms with E-state index in [1.807, 2.05) is 0 Å². The highest BCUT2D eigenvalue weighted by molar-refractivity contribution is 8.13. The highest BCUT2D eigenvalue weighted by Crippen LogP contribution is 2.31. The molecular formula is C17H12N2O3S. The Balaban J connectivity index is 2.31. The van der Waals surface area contributed by atoms with Crippen molar-refractivity contribution in [2.24, 2.45) is 0 Å². The fraction of sp³-hybridized carbons (Fsp3) is 0.118. The van der Waals surface area contributed by atoms with Gasteiger partial charge in [0.1, 0.15) is 17.2 Å². The Hall–Kier alpha value is -2.78. The minimum absolute atomic E-state index is 0.186. The number of fused-ring (bicyclic) bond motifs is 2. The average Bonchev–Trinajstić information content (AvgIpc) is 2.54. The van der Waals surface area contributed by atoms with Crippen molar-refractivity contribution >= 4 is 38.9 Å². The lowest BCUT2D eigenvalue weighted by Gasteiger charge is -2.11. The molecule has 114 valence electrons. The first-order chi connectivity index (χ1) is 11.0. The second kappa shape index (κ2) is 5.78. The molecule has 1 aromatic heterocycles.